The SMILES string of the molecule is CCCc1ccc(C(=O)[C@H]2C[C@H]2C(=O)OC)cc1. The second-order valence-electron chi connectivity index (χ2n) is 4.78. The van der Waals surface area contributed by atoms with Crippen LogP contribution < -0.4 is 0 Å². The van der Waals surface area contributed by atoms with Crippen molar-refractivity contribution >= 4 is 11.8 Å². The van der Waals surface area contributed by atoms with Crippen molar-refractivity contribution in [2.75, 3.05) is 7.11 Å². The fraction of sp³-hybridized carbons (Fsp3) is 0.467. The number of benzene rings is 1. The van der Waals surface area contributed by atoms with Crippen molar-refractivity contribution in [3.05, 3.63) is 35.4 Å². The minimum absolute atomic E-state index is 0.0634. The number of Topliss-reactive ketones (excluding diaryl/α,β-unsaturated/α-hetero) is 1. The third-order valence-electron chi connectivity index (χ3n) is 3.41. The fourth-order valence-corrected chi connectivity index (χ4v) is 2.24. The predicted molar refractivity (Wildman–Crippen MR) is 68.4 cm³/mol. The van der Waals surface area contributed by atoms with Gasteiger partial charge in [-0.25, -0.2) is 0 Å². The molecule has 18 heavy (non-hydrogen) atoms. The van der Waals surface area contributed by atoms with E-state index in [4.69, 9.17) is 0 Å². The smallest absolute Gasteiger partial charge is 0.309 e. The van der Waals surface area contributed by atoms with Crippen LogP contribution in [0.2, 0.25) is 0 Å². The Labute approximate surface area is 107 Å². The van der Waals surface area contributed by atoms with E-state index in [1.165, 1.54) is 12.7 Å². The molecule has 0 aromatic heterocycles. The van der Waals surface area contributed by atoms with E-state index in [1.807, 2.05) is 24.3 Å². The second-order valence-corrected chi connectivity index (χ2v) is 4.78. The van der Waals surface area contributed by atoms with E-state index in [0.717, 1.165) is 12.8 Å². The highest BCUT2D eigenvalue weighted by Gasteiger charge is 2.48. The van der Waals surface area contributed by atoms with E-state index in [2.05, 4.69) is 11.7 Å². The number of ketones is 1. The van der Waals surface area contributed by atoms with Gasteiger partial charge in [0, 0.05) is 11.5 Å². The monoisotopic (exact) mass is 246 g/mol. The van der Waals surface area contributed by atoms with Crippen LogP contribution in [0.15, 0.2) is 24.3 Å². The minimum Gasteiger partial charge on any atom is -0.469 e. The van der Waals surface area contributed by atoms with Crippen LogP contribution in [-0.4, -0.2) is 18.9 Å². The minimum atomic E-state index is -0.268. The molecular weight excluding hydrogens is 228 g/mol. The van der Waals surface area contributed by atoms with Gasteiger partial charge >= 0.3 is 5.97 Å². The van der Waals surface area contributed by atoms with Gasteiger partial charge < -0.3 is 4.74 Å². The first-order valence-electron chi connectivity index (χ1n) is 6.38. The number of hydrogen-bond acceptors (Lipinski definition) is 3. The fourth-order valence-electron chi connectivity index (χ4n) is 2.24. The Morgan fingerprint density at radius 1 is 1.22 bits per heavy atom. The van der Waals surface area contributed by atoms with Crippen molar-refractivity contribution in [2.24, 2.45) is 11.8 Å². The molecule has 3 heteroatoms. The standard InChI is InChI=1S/C15H18O3/c1-3-4-10-5-7-11(8-6-10)14(16)12-9-13(12)15(17)18-2/h5-8,12-13H,3-4,9H2,1-2H3/t12-,13+/m0/s1. The molecule has 1 aromatic carbocycles. The van der Waals surface area contributed by atoms with E-state index in [0.29, 0.717) is 12.0 Å². The first-order valence-corrected chi connectivity index (χ1v) is 6.38. The highest BCUT2D eigenvalue weighted by molar-refractivity contribution is 6.02. The topological polar surface area (TPSA) is 43.4 Å². The summed E-state index contributed by atoms with van der Waals surface area (Å²) >= 11 is 0. The summed E-state index contributed by atoms with van der Waals surface area (Å²) in [6.45, 7) is 2.13. The van der Waals surface area contributed by atoms with Gasteiger partial charge in [-0.1, -0.05) is 37.6 Å². The van der Waals surface area contributed by atoms with Gasteiger partial charge in [-0.3, -0.25) is 9.59 Å². The third kappa shape index (κ3) is 2.61. The molecule has 2 atom stereocenters. The van der Waals surface area contributed by atoms with Crippen LogP contribution in [-0.2, 0) is 16.0 Å². The van der Waals surface area contributed by atoms with Crippen molar-refractivity contribution in [2.45, 2.75) is 26.2 Å². The highest BCUT2D eigenvalue weighted by Crippen LogP contribution is 2.41. The highest BCUT2D eigenvalue weighted by atomic mass is 16.5. The molecule has 2 rings (SSSR count). The summed E-state index contributed by atoms with van der Waals surface area (Å²) in [5.74, 6) is -0.600. The summed E-state index contributed by atoms with van der Waals surface area (Å²) in [5.41, 5.74) is 1.95. The van der Waals surface area contributed by atoms with Crippen LogP contribution in [0.5, 0.6) is 0 Å². The number of esters is 1. The Hall–Kier alpha value is -1.64. The lowest BCUT2D eigenvalue weighted by atomic mass is 10.0. The summed E-state index contributed by atoms with van der Waals surface area (Å²) < 4.78 is 4.65. The molecule has 1 saturated carbocycles. The average molecular weight is 246 g/mol. The van der Waals surface area contributed by atoms with Gasteiger partial charge in [0.2, 0.25) is 0 Å². The zero-order chi connectivity index (χ0) is 13.1. The molecule has 0 unspecified atom stereocenters. The van der Waals surface area contributed by atoms with Crippen molar-refractivity contribution in [3.8, 4) is 0 Å². The summed E-state index contributed by atoms with van der Waals surface area (Å²) in [7, 11) is 1.36. The number of carbonyl (C=O) groups excluding carboxylic acids is 2. The molecule has 1 aliphatic rings. The van der Waals surface area contributed by atoms with Crippen molar-refractivity contribution in [1.82, 2.24) is 0 Å². The number of methoxy groups -OCH3 is 1. The molecule has 0 N–H and O–H groups in total. The zero-order valence-corrected chi connectivity index (χ0v) is 10.8. The third-order valence-corrected chi connectivity index (χ3v) is 3.41. The molecule has 1 fully saturated rings. The Morgan fingerprint density at radius 3 is 2.44 bits per heavy atom. The van der Waals surface area contributed by atoms with Gasteiger partial charge in [-0.15, -0.1) is 0 Å². The molecule has 0 amide bonds. The van der Waals surface area contributed by atoms with E-state index in [1.54, 1.807) is 0 Å². The summed E-state index contributed by atoms with van der Waals surface area (Å²) in [6, 6.07) is 7.71. The van der Waals surface area contributed by atoms with Crippen LogP contribution in [0, 0.1) is 11.8 Å². The largest absolute Gasteiger partial charge is 0.469 e. The summed E-state index contributed by atoms with van der Waals surface area (Å²) in [4.78, 5) is 23.4. The maximum atomic E-state index is 12.1. The number of ether oxygens (including phenoxy) is 1. The van der Waals surface area contributed by atoms with Crippen LogP contribution in [0.4, 0.5) is 0 Å². The lowest BCUT2D eigenvalue weighted by Gasteiger charge is -2.02. The van der Waals surface area contributed by atoms with Gasteiger partial charge in [0.25, 0.3) is 0 Å². The molecule has 0 saturated heterocycles. The number of hydrogen-bond donors (Lipinski definition) is 0. The van der Waals surface area contributed by atoms with Gasteiger partial charge in [0.1, 0.15) is 0 Å². The lowest BCUT2D eigenvalue weighted by Crippen LogP contribution is -2.10. The molecule has 0 radical (unpaired) electrons. The van der Waals surface area contributed by atoms with Crippen LogP contribution in [0.25, 0.3) is 0 Å². The van der Waals surface area contributed by atoms with Gasteiger partial charge in [0.15, 0.2) is 5.78 Å². The Balaban J connectivity index is 2.00. The summed E-state index contributed by atoms with van der Waals surface area (Å²) in [5, 5.41) is 0. The van der Waals surface area contributed by atoms with Crippen LogP contribution in [0.1, 0.15) is 35.7 Å². The molecule has 1 aromatic rings. The molecule has 96 valence electrons. The molecular formula is C15H18O3. The molecule has 0 aliphatic heterocycles. The molecule has 0 heterocycles. The van der Waals surface area contributed by atoms with Crippen LogP contribution >= 0.6 is 0 Å². The van der Waals surface area contributed by atoms with E-state index >= 15 is 0 Å². The van der Waals surface area contributed by atoms with Gasteiger partial charge in [-0.2, -0.15) is 0 Å². The number of carbonyl (C=O) groups is 2. The lowest BCUT2D eigenvalue weighted by molar-refractivity contribution is -0.142. The Morgan fingerprint density at radius 2 is 1.89 bits per heavy atom. The first kappa shape index (κ1) is 12.8. The normalized spacial score (nSPS) is 21.4. The van der Waals surface area contributed by atoms with Gasteiger partial charge in [-0.05, 0) is 18.4 Å². The van der Waals surface area contributed by atoms with Crippen molar-refractivity contribution in [1.29, 1.82) is 0 Å². The van der Waals surface area contributed by atoms with E-state index < -0.39 is 0 Å². The first-order chi connectivity index (χ1) is 8.67. The van der Waals surface area contributed by atoms with Crippen molar-refractivity contribution < 1.29 is 14.3 Å². The quantitative estimate of drug-likeness (QED) is 0.592. The second kappa shape index (κ2) is 5.34. The number of aryl methyl sites for hydroxylation is 1. The maximum absolute atomic E-state index is 12.1. The molecule has 0 spiro atoms. The predicted octanol–water partition coefficient (Wildman–Crippen LogP) is 2.63. The average Bonchev–Trinajstić information content (AvgIpc) is 3.18. The zero-order valence-electron chi connectivity index (χ0n) is 10.8. The van der Waals surface area contributed by atoms with E-state index in [-0.39, 0.29) is 23.6 Å². The van der Waals surface area contributed by atoms with Crippen LogP contribution in [0.3, 0.4) is 0 Å². The maximum Gasteiger partial charge on any atom is 0.309 e. The molecule has 1 aliphatic carbocycles. The molecule has 3 nitrogen and oxygen atoms in total. The van der Waals surface area contributed by atoms with Gasteiger partial charge in [0.05, 0.1) is 13.0 Å². The Kier molecular flexibility index (Phi) is 3.80. The summed E-state index contributed by atoms with van der Waals surface area (Å²) in [6.07, 6.45) is 2.76. The molecule has 0 bridgehead atoms. The number of rotatable bonds is 5. The van der Waals surface area contributed by atoms with Crippen molar-refractivity contribution in [3.63, 3.8) is 0 Å². The van der Waals surface area contributed by atoms with E-state index in [9.17, 15) is 9.59 Å². The Bertz CT molecular complexity index is 447.